The van der Waals surface area contributed by atoms with Crippen LogP contribution in [0.2, 0.25) is 0 Å². The van der Waals surface area contributed by atoms with E-state index in [-0.39, 0.29) is 5.41 Å². The van der Waals surface area contributed by atoms with Crippen molar-refractivity contribution in [3.05, 3.63) is 15.6 Å². The van der Waals surface area contributed by atoms with E-state index >= 15 is 0 Å². The summed E-state index contributed by atoms with van der Waals surface area (Å²) in [7, 11) is 0. The lowest BCUT2D eigenvalue weighted by Gasteiger charge is -2.18. The van der Waals surface area contributed by atoms with Gasteiger partial charge in [-0.3, -0.25) is 4.90 Å². The second-order valence-electron chi connectivity index (χ2n) is 6.52. The first-order valence-corrected chi connectivity index (χ1v) is 8.24. The van der Waals surface area contributed by atoms with Crippen molar-refractivity contribution in [1.82, 2.24) is 9.88 Å². The van der Waals surface area contributed by atoms with Gasteiger partial charge in [0, 0.05) is 16.8 Å². The van der Waals surface area contributed by atoms with Crippen molar-refractivity contribution in [2.75, 3.05) is 13.1 Å². The van der Waals surface area contributed by atoms with Gasteiger partial charge in [-0.2, -0.15) is 0 Å². The molecule has 0 aromatic carbocycles. The molecule has 0 radical (unpaired) electrons. The van der Waals surface area contributed by atoms with Gasteiger partial charge in [0.05, 0.1) is 12.2 Å². The molecule has 0 unspecified atom stereocenters. The van der Waals surface area contributed by atoms with E-state index in [1.165, 1.54) is 54.4 Å². The number of thiazole rings is 1. The van der Waals surface area contributed by atoms with E-state index < -0.39 is 0 Å². The molecule has 2 rings (SSSR count). The van der Waals surface area contributed by atoms with E-state index in [1.807, 2.05) is 11.3 Å². The highest BCUT2D eigenvalue weighted by atomic mass is 32.1. The minimum Gasteiger partial charge on any atom is -0.326 e. The molecule has 1 aromatic rings. The molecule has 1 aromatic heterocycles. The van der Waals surface area contributed by atoms with Crippen molar-refractivity contribution in [3.63, 3.8) is 0 Å². The number of hydrogen-bond donors (Lipinski definition) is 1. The number of nitrogens with zero attached hydrogens (tertiary/aromatic N) is 2. The molecular formula is C15H27N3S. The lowest BCUT2D eigenvalue weighted by atomic mass is 9.91. The van der Waals surface area contributed by atoms with E-state index in [2.05, 4.69) is 25.7 Å². The minimum absolute atomic E-state index is 0.0994. The van der Waals surface area contributed by atoms with Gasteiger partial charge in [-0.05, 0) is 25.9 Å². The summed E-state index contributed by atoms with van der Waals surface area (Å²) in [5, 5.41) is 1.24. The summed E-state index contributed by atoms with van der Waals surface area (Å²) in [6.07, 6.45) is 5.44. The molecule has 1 aliphatic heterocycles. The Morgan fingerprint density at radius 1 is 1.16 bits per heavy atom. The van der Waals surface area contributed by atoms with Gasteiger partial charge < -0.3 is 5.73 Å². The Hall–Kier alpha value is -0.450. The van der Waals surface area contributed by atoms with Crippen LogP contribution < -0.4 is 5.73 Å². The summed E-state index contributed by atoms with van der Waals surface area (Å²) in [4.78, 5) is 8.69. The van der Waals surface area contributed by atoms with E-state index in [4.69, 9.17) is 10.7 Å². The highest BCUT2D eigenvalue weighted by Gasteiger charge is 2.23. The second kappa shape index (κ2) is 6.33. The fraction of sp³-hybridized carbons (Fsp3) is 0.800. The maximum atomic E-state index is 5.88. The molecule has 19 heavy (non-hydrogen) atoms. The van der Waals surface area contributed by atoms with Crippen LogP contribution in [-0.2, 0) is 18.5 Å². The van der Waals surface area contributed by atoms with Crippen LogP contribution in [0.15, 0.2) is 0 Å². The standard InChI is InChI=1S/C15H27N3S/c1-15(2,3)14-12(10-16)19-13(17-14)11-18-8-6-4-5-7-9-18/h4-11,16H2,1-3H3. The highest BCUT2D eigenvalue weighted by molar-refractivity contribution is 7.11. The van der Waals surface area contributed by atoms with Crippen LogP contribution in [0.1, 0.15) is 62.0 Å². The van der Waals surface area contributed by atoms with E-state index in [0.29, 0.717) is 6.54 Å². The third kappa shape index (κ3) is 4.01. The van der Waals surface area contributed by atoms with E-state index in [9.17, 15) is 0 Å². The largest absolute Gasteiger partial charge is 0.326 e. The average molecular weight is 281 g/mol. The number of aromatic nitrogens is 1. The lowest BCUT2D eigenvalue weighted by molar-refractivity contribution is 0.276. The molecule has 1 aliphatic rings. The Morgan fingerprint density at radius 2 is 1.79 bits per heavy atom. The summed E-state index contributed by atoms with van der Waals surface area (Å²) < 4.78 is 0. The molecule has 2 N–H and O–H groups in total. The number of likely N-dealkylation sites (tertiary alicyclic amines) is 1. The molecule has 4 heteroatoms. The van der Waals surface area contributed by atoms with Crippen molar-refractivity contribution in [1.29, 1.82) is 0 Å². The number of nitrogens with two attached hydrogens (primary N) is 1. The Bertz CT molecular complexity index is 398. The van der Waals surface area contributed by atoms with Crippen LogP contribution in [0.25, 0.3) is 0 Å². The molecule has 1 saturated heterocycles. The summed E-state index contributed by atoms with van der Waals surface area (Å²) in [6, 6.07) is 0. The smallest absolute Gasteiger partial charge is 0.107 e. The van der Waals surface area contributed by atoms with Crippen molar-refractivity contribution in [2.24, 2.45) is 5.73 Å². The Kier molecular flexibility index (Phi) is 4.98. The van der Waals surface area contributed by atoms with Gasteiger partial charge in [0.25, 0.3) is 0 Å². The van der Waals surface area contributed by atoms with Crippen molar-refractivity contribution in [3.8, 4) is 0 Å². The Balaban J connectivity index is 2.10. The van der Waals surface area contributed by atoms with Crippen LogP contribution in [0.5, 0.6) is 0 Å². The molecule has 2 heterocycles. The first-order valence-electron chi connectivity index (χ1n) is 7.42. The molecule has 1 fully saturated rings. The summed E-state index contributed by atoms with van der Waals surface area (Å²) in [6.45, 7) is 10.7. The maximum Gasteiger partial charge on any atom is 0.107 e. The molecule has 0 saturated carbocycles. The molecule has 0 aliphatic carbocycles. The third-order valence-corrected chi connectivity index (χ3v) is 4.76. The molecule has 0 bridgehead atoms. The Morgan fingerprint density at radius 3 is 2.26 bits per heavy atom. The van der Waals surface area contributed by atoms with Gasteiger partial charge in [0.1, 0.15) is 5.01 Å². The van der Waals surface area contributed by atoms with Gasteiger partial charge in [0.2, 0.25) is 0 Å². The highest BCUT2D eigenvalue weighted by Crippen LogP contribution is 2.30. The van der Waals surface area contributed by atoms with Crippen LogP contribution in [0.3, 0.4) is 0 Å². The van der Waals surface area contributed by atoms with E-state index in [0.717, 1.165) is 6.54 Å². The van der Waals surface area contributed by atoms with Crippen molar-refractivity contribution >= 4 is 11.3 Å². The van der Waals surface area contributed by atoms with Crippen LogP contribution >= 0.6 is 11.3 Å². The Labute approximate surface area is 121 Å². The lowest BCUT2D eigenvalue weighted by Crippen LogP contribution is -2.24. The van der Waals surface area contributed by atoms with Gasteiger partial charge in [-0.25, -0.2) is 4.98 Å². The zero-order valence-electron chi connectivity index (χ0n) is 12.5. The van der Waals surface area contributed by atoms with Crippen molar-refractivity contribution < 1.29 is 0 Å². The van der Waals surface area contributed by atoms with Crippen LogP contribution in [0, 0.1) is 0 Å². The third-order valence-electron chi connectivity index (χ3n) is 3.69. The average Bonchev–Trinajstić information content (AvgIpc) is 2.59. The topological polar surface area (TPSA) is 42.2 Å². The van der Waals surface area contributed by atoms with Crippen LogP contribution in [-0.4, -0.2) is 23.0 Å². The number of rotatable bonds is 3. The number of hydrogen-bond acceptors (Lipinski definition) is 4. The summed E-state index contributed by atoms with van der Waals surface area (Å²) in [5.41, 5.74) is 7.17. The van der Waals surface area contributed by atoms with Gasteiger partial charge in [-0.15, -0.1) is 11.3 Å². The first-order chi connectivity index (χ1) is 9.00. The monoisotopic (exact) mass is 281 g/mol. The molecular weight excluding hydrogens is 254 g/mol. The fourth-order valence-electron chi connectivity index (χ4n) is 2.68. The second-order valence-corrected chi connectivity index (χ2v) is 7.69. The van der Waals surface area contributed by atoms with Gasteiger partial charge in [-0.1, -0.05) is 33.6 Å². The SMILES string of the molecule is CC(C)(C)c1nc(CN2CCCCCC2)sc1CN. The molecule has 0 amide bonds. The predicted octanol–water partition coefficient (Wildman–Crippen LogP) is 3.28. The van der Waals surface area contributed by atoms with Crippen LogP contribution in [0.4, 0.5) is 0 Å². The minimum atomic E-state index is 0.0994. The summed E-state index contributed by atoms with van der Waals surface area (Å²) >= 11 is 1.81. The zero-order chi connectivity index (χ0) is 13.9. The van der Waals surface area contributed by atoms with E-state index in [1.54, 1.807) is 0 Å². The molecule has 0 atom stereocenters. The molecule has 3 nitrogen and oxygen atoms in total. The normalized spacial score (nSPS) is 18.5. The van der Waals surface area contributed by atoms with Gasteiger partial charge >= 0.3 is 0 Å². The first kappa shape index (κ1) is 14.9. The van der Waals surface area contributed by atoms with Crippen molar-refractivity contribution in [2.45, 2.75) is 65.0 Å². The predicted molar refractivity (Wildman–Crippen MR) is 82.5 cm³/mol. The quantitative estimate of drug-likeness (QED) is 0.924. The fourth-order valence-corrected chi connectivity index (χ4v) is 3.88. The maximum absolute atomic E-state index is 5.88. The van der Waals surface area contributed by atoms with Gasteiger partial charge in [0.15, 0.2) is 0 Å². The zero-order valence-corrected chi connectivity index (χ0v) is 13.4. The molecule has 108 valence electrons. The molecule has 0 spiro atoms. The summed E-state index contributed by atoms with van der Waals surface area (Å²) in [5.74, 6) is 0.